The van der Waals surface area contributed by atoms with Crippen LogP contribution in [0.4, 0.5) is 23.7 Å². The molecule has 0 radical (unpaired) electrons. The van der Waals surface area contributed by atoms with Gasteiger partial charge in [0.15, 0.2) is 0 Å². The Hall–Kier alpha value is -3.17. The van der Waals surface area contributed by atoms with E-state index in [1.165, 1.54) is 24.5 Å². The monoisotopic (exact) mass is 449 g/mol. The van der Waals surface area contributed by atoms with E-state index in [9.17, 15) is 22.8 Å². The number of halogens is 3. The third kappa shape index (κ3) is 5.95. The number of benzene rings is 1. The van der Waals surface area contributed by atoms with Crippen molar-refractivity contribution < 1.29 is 22.8 Å². The number of carbonyl (C=O) groups excluding carboxylic acids is 2. The van der Waals surface area contributed by atoms with Gasteiger partial charge in [0, 0.05) is 24.9 Å². The zero-order valence-electron chi connectivity index (χ0n) is 18.2. The molecule has 2 aromatic rings. The lowest BCUT2D eigenvalue weighted by Gasteiger charge is -2.26. The summed E-state index contributed by atoms with van der Waals surface area (Å²) in [6.45, 7) is 6.46. The summed E-state index contributed by atoms with van der Waals surface area (Å²) in [5.74, 6) is 0.521. The normalized spacial score (nSPS) is 15.6. The predicted octanol–water partition coefficient (Wildman–Crippen LogP) is 4.28. The topological polar surface area (TPSA) is 87.2 Å². The average molecular weight is 449 g/mol. The van der Waals surface area contributed by atoms with E-state index in [4.69, 9.17) is 0 Å². The van der Waals surface area contributed by atoms with Gasteiger partial charge < -0.3 is 15.5 Å². The first kappa shape index (κ1) is 23.5. The second-order valence-electron chi connectivity index (χ2n) is 8.76. The quantitative estimate of drug-likeness (QED) is 0.714. The second kappa shape index (κ2) is 9.13. The van der Waals surface area contributed by atoms with Crippen molar-refractivity contribution in [3.8, 4) is 0 Å². The van der Waals surface area contributed by atoms with Gasteiger partial charge in [0.2, 0.25) is 5.91 Å². The minimum absolute atomic E-state index is 0.0764. The predicted molar refractivity (Wildman–Crippen MR) is 113 cm³/mol. The molecule has 1 aliphatic heterocycles. The Bertz CT molecular complexity index is 971. The number of nitrogens with one attached hydrogen (secondary N) is 2. The molecule has 0 saturated carbocycles. The Morgan fingerprint density at radius 2 is 1.88 bits per heavy atom. The fourth-order valence-corrected chi connectivity index (χ4v) is 3.39. The van der Waals surface area contributed by atoms with Gasteiger partial charge in [0.25, 0.3) is 0 Å². The Morgan fingerprint density at radius 3 is 2.44 bits per heavy atom. The summed E-state index contributed by atoms with van der Waals surface area (Å²) < 4.78 is 39.6. The highest BCUT2D eigenvalue weighted by molar-refractivity contribution is 5.89. The zero-order valence-corrected chi connectivity index (χ0v) is 18.2. The van der Waals surface area contributed by atoms with Crippen LogP contribution >= 0.6 is 0 Å². The first-order chi connectivity index (χ1) is 14.9. The molecule has 172 valence electrons. The van der Waals surface area contributed by atoms with E-state index in [1.807, 2.05) is 20.8 Å². The number of aromatic nitrogens is 2. The van der Waals surface area contributed by atoms with Crippen molar-refractivity contribution in [1.82, 2.24) is 20.2 Å². The highest BCUT2D eigenvalue weighted by Crippen LogP contribution is 2.31. The van der Waals surface area contributed by atoms with Crippen molar-refractivity contribution in [3.63, 3.8) is 0 Å². The van der Waals surface area contributed by atoms with E-state index in [2.05, 4.69) is 20.6 Å². The summed E-state index contributed by atoms with van der Waals surface area (Å²) in [5, 5.41) is 5.29. The molecule has 7 nitrogen and oxygen atoms in total. The summed E-state index contributed by atoms with van der Waals surface area (Å²) in [6, 6.07) is 3.29. The van der Waals surface area contributed by atoms with Gasteiger partial charge in [-0.3, -0.25) is 4.79 Å². The van der Waals surface area contributed by atoms with Crippen molar-refractivity contribution in [2.75, 3.05) is 18.4 Å². The lowest BCUT2D eigenvalue weighted by atomic mass is 9.96. The molecule has 2 N–H and O–H groups in total. The van der Waals surface area contributed by atoms with E-state index in [1.54, 1.807) is 4.90 Å². The fourth-order valence-electron chi connectivity index (χ4n) is 3.39. The summed E-state index contributed by atoms with van der Waals surface area (Å²) in [6.07, 6.45) is -0.512. The lowest BCUT2D eigenvalue weighted by Crippen LogP contribution is -2.40. The van der Waals surface area contributed by atoms with Crippen LogP contribution < -0.4 is 10.6 Å². The number of urea groups is 1. The molecule has 32 heavy (non-hydrogen) atoms. The molecule has 3 rings (SSSR count). The Morgan fingerprint density at radius 1 is 1.19 bits per heavy atom. The summed E-state index contributed by atoms with van der Waals surface area (Å²) in [5.41, 5.74) is -0.469. The maximum absolute atomic E-state index is 13.2. The van der Waals surface area contributed by atoms with Crippen LogP contribution in [0.25, 0.3) is 0 Å². The van der Waals surface area contributed by atoms with Crippen LogP contribution in [0.2, 0.25) is 0 Å². The number of rotatable bonds is 5. The highest BCUT2D eigenvalue weighted by atomic mass is 19.4. The van der Waals surface area contributed by atoms with Crippen molar-refractivity contribution in [3.05, 3.63) is 53.6 Å². The molecule has 10 heteroatoms. The standard InChI is InChI=1S/C22H26F3N5O2/c1-21(2,3)19-26-11-16(12-27-19)28-20(32)29-17(13-30-9-5-8-18(30)31)14-6-4-7-15(10-14)22(23,24)25/h4,6-7,10-12,17H,5,8-9,13H2,1-3H3,(H2,28,29,32). The number of likely N-dealkylation sites (tertiary alicyclic amines) is 1. The number of hydrogen-bond acceptors (Lipinski definition) is 4. The van der Waals surface area contributed by atoms with Gasteiger partial charge in [-0.25, -0.2) is 14.8 Å². The van der Waals surface area contributed by atoms with E-state index >= 15 is 0 Å². The van der Waals surface area contributed by atoms with Crippen molar-refractivity contribution in [2.45, 2.75) is 51.2 Å². The van der Waals surface area contributed by atoms with Gasteiger partial charge in [-0.05, 0) is 24.1 Å². The lowest BCUT2D eigenvalue weighted by molar-refractivity contribution is -0.137. The number of carbonyl (C=O) groups is 2. The van der Waals surface area contributed by atoms with Crippen molar-refractivity contribution in [1.29, 1.82) is 0 Å². The van der Waals surface area contributed by atoms with E-state index < -0.39 is 23.8 Å². The maximum Gasteiger partial charge on any atom is 0.416 e. The molecule has 1 aliphatic rings. The molecule has 0 aliphatic carbocycles. The maximum atomic E-state index is 13.2. The van der Waals surface area contributed by atoms with E-state index in [0.717, 1.165) is 12.1 Å². The van der Waals surface area contributed by atoms with Gasteiger partial charge in [0.1, 0.15) is 5.82 Å². The smallest absolute Gasteiger partial charge is 0.340 e. The van der Waals surface area contributed by atoms with Gasteiger partial charge in [-0.15, -0.1) is 0 Å². The first-order valence-electron chi connectivity index (χ1n) is 10.3. The van der Waals surface area contributed by atoms with E-state index in [0.29, 0.717) is 30.9 Å². The van der Waals surface area contributed by atoms with Gasteiger partial charge in [0.05, 0.1) is 29.7 Å². The largest absolute Gasteiger partial charge is 0.416 e. The minimum Gasteiger partial charge on any atom is -0.340 e. The van der Waals surface area contributed by atoms with Gasteiger partial charge in [-0.2, -0.15) is 13.2 Å². The molecule has 1 unspecified atom stereocenters. The summed E-state index contributed by atoms with van der Waals surface area (Å²) in [4.78, 5) is 34.7. The van der Waals surface area contributed by atoms with E-state index in [-0.39, 0.29) is 23.4 Å². The van der Waals surface area contributed by atoms with Gasteiger partial charge in [-0.1, -0.05) is 32.9 Å². The molecular formula is C22H26F3N5O2. The van der Waals surface area contributed by atoms with Gasteiger partial charge >= 0.3 is 12.2 Å². The molecule has 0 bridgehead atoms. The van der Waals surface area contributed by atoms with Crippen LogP contribution in [0.3, 0.4) is 0 Å². The molecule has 3 amide bonds. The number of hydrogen-bond donors (Lipinski definition) is 2. The SMILES string of the molecule is CC(C)(C)c1ncc(NC(=O)NC(CN2CCCC2=O)c2cccc(C(F)(F)F)c2)cn1. The van der Waals surface area contributed by atoms with Crippen LogP contribution in [-0.4, -0.2) is 39.9 Å². The molecule has 1 saturated heterocycles. The number of anilines is 1. The number of alkyl halides is 3. The molecular weight excluding hydrogens is 423 g/mol. The average Bonchev–Trinajstić information content (AvgIpc) is 3.11. The van der Waals surface area contributed by atoms with Crippen LogP contribution in [-0.2, 0) is 16.4 Å². The van der Waals surface area contributed by atoms with Crippen molar-refractivity contribution >= 4 is 17.6 Å². The van der Waals surface area contributed by atoms with Crippen LogP contribution in [0.5, 0.6) is 0 Å². The molecule has 1 aromatic carbocycles. The van der Waals surface area contributed by atoms with Crippen LogP contribution in [0.15, 0.2) is 36.7 Å². The Kier molecular flexibility index (Phi) is 6.71. The highest BCUT2D eigenvalue weighted by Gasteiger charge is 2.32. The second-order valence-corrected chi connectivity index (χ2v) is 8.76. The molecule has 1 fully saturated rings. The Balaban J connectivity index is 1.78. The summed E-state index contributed by atoms with van der Waals surface area (Å²) in [7, 11) is 0. The third-order valence-corrected chi connectivity index (χ3v) is 5.08. The number of nitrogens with zero attached hydrogens (tertiary/aromatic N) is 3. The van der Waals surface area contributed by atoms with Crippen molar-refractivity contribution in [2.24, 2.45) is 0 Å². The third-order valence-electron chi connectivity index (χ3n) is 5.08. The minimum atomic E-state index is -4.52. The Labute approximate surface area is 184 Å². The molecule has 2 heterocycles. The van der Waals surface area contributed by atoms with Crippen LogP contribution in [0.1, 0.15) is 56.6 Å². The fraction of sp³-hybridized carbons (Fsp3) is 0.455. The molecule has 1 aromatic heterocycles. The molecule has 0 spiro atoms. The molecule has 1 atom stereocenters. The summed E-state index contributed by atoms with van der Waals surface area (Å²) >= 11 is 0. The number of amides is 3. The van der Waals surface area contributed by atoms with Crippen LogP contribution in [0, 0.1) is 0 Å². The zero-order chi connectivity index (χ0) is 23.5. The first-order valence-corrected chi connectivity index (χ1v) is 10.3.